The summed E-state index contributed by atoms with van der Waals surface area (Å²) in [6, 6.07) is 49.5. The molecular formula is C98H146Cl2I13N3O29P-. The standard InChI is InChI=1S/C30H41NO10.C30H43NO9.C30H41NO9.C4H8O.C2H7P.CH2Cl2.CH4.I7.I6/c32-29(33)9-11-35-13-15-37-17-19-39-21-22-40-20-18-38-16-14-36-12-10-31-30(34)41-23-28-26-7-3-1-5-24(26)25-6-2-4-8-27(25)28;2*32-11-5-12-34-14-16-36-18-20-38-22-23-39-21-19-37-17-15-35-13-10-31-30(33)40-24-29-27-8-3-1-6-25(27)26-7-2-4-9-28(26)29;1-2-4-5-3-1;1-3-2;2-1-3;;1-5-7(4)6(2)3;1-5(2)6(3)4/h1-8,28H,9-23H2,(H,31,34)(H,32,33);1-4,6-9,29,32H,5,10-24H2,(H,31,33);1-4,6-9,11,29H,5,10,12-24H2,(H,31,33);1-4H2;3H,1-2H3;1H2;1H4;;/q;;;;;;;-1;. The molecular weight excluding hydrogens is 3430 g/mol. The topological polar surface area (TPSA) is 365 Å². The first-order chi connectivity index (χ1) is 70.9. The summed E-state index contributed by atoms with van der Waals surface area (Å²) >= 11 is 31.5. The summed E-state index contributed by atoms with van der Waals surface area (Å²) in [6.07, 6.45) is 3.08. The second kappa shape index (κ2) is 103. The van der Waals surface area contributed by atoms with Crippen LogP contribution in [0.25, 0.3) is 33.4 Å². The first-order valence-electron chi connectivity index (χ1n) is 46.9. The molecule has 3 amide bonds. The van der Waals surface area contributed by atoms with Crippen LogP contribution < -0.4 is 29.2 Å². The minimum atomic E-state index is -0.878. The summed E-state index contributed by atoms with van der Waals surface area (Å²) in [5, 5.41) is 25.5. The van der Waals surface area contributed by atoms with Crippen LogP contribution in [0, 0.1) is 0 Å². The Hall–Kier alpha value is 1.97. The van der Waals surface area contributed by atoms with Gasteiger partial charge < -0.3 is 135 Å². The number of hydrogen-bond acceptors (Lipinski definition) is 28. The molecule has 10 rings (SSSR count). The van der Waals surface area contributed by atoms with Crippen molar-refractivity contribution in [3.8, 4) is 33.4 Å². The number of amides is 3. The number of alkyl carbamates (subject to hydrolysis) is 3. The molecule has 0 atom stereocenters. The Morgan fingerprint density at radius 1 is 0.363 bits per heavy atom. The fourth-order valence-corrected chi connectivity index (χ4v) is 223. The van der Waals surface area contributed by atoms with Crippen LogP contribution in [0.4, 0.5) is 14.4 Å². The number of halogens is 15. The molecule has 6 aromatic carbocycles. The van der Waals surface area contributed by atoms with Crippen molar-refractivity contribution in [3.63, 3.8) is 0 Å². The summed E-state index contributed by atoms with van der Waals surface area (Å²) in [4.78, 5) is 57.0. The largest absolute Gasteiger partial charge is 0.481 e. The van der Waals surface area contributed by atoms with E-state index in [-0.39, 0.29) is 94.9 Å². The molecule has 1 aliphatic heterocycles. The Bertz CT molecular complexity index is 4030. The maximum absolute atomic E-state index is 12.2. The molecule has 5 N–H and O–H groups in total. The summed E-state index contributed by atoms with van der Waals surface area (Å²) < 4.78 is 118. The summed E-state index contributed by atoms with van der Waals surface area (Å²) in [7, 11) is -0.0356. The van der Waals surface area contributed by atoms with Gasteiger partial charge in [0.25, 0.3) is 0 Å². The Morgan fingerprint density at radius 2 is 0.568 bits per heavy atom. The van der Waals surface area contributed by atoms with E-state index in [1.165, 1.54) is 79.6 Å². The Labute approximate surface area is 980 Å². The van der Waals surface area contributed by atoms with Crippen molar-refractivity contribution < 1.29 is 152 Å². The molecule has 0 radical (unpaired) electrons. The van der Waals surface area contributed by atoms with E-state index in [1.807, 2.05) is 72.8 Å². The van der Waals surface area contributed by atoms with Gasteiger partial charge in [-0.3, -0.25) is 4.79 Å². The van der Waals surface area contributed by atoms with Crippen LogP contribution in [-0.2, 0) is 114 Å². The summed E-state index contributed by atoms with van der Waals surface area (Å²) in [5.41, 5.74) is 14.3. The molecule has 6 aromatic rings. The first-order valence-corrected chi connectivity index (χ1v) is 119. The van der Waals surface area contributed by atoms with Crippen LogP contribution in [0.2, 0.25) is 0 Å². The van der Waals surface area contributed by atoms with Crippen molar-refractivity contribution in [2.24, 2.45) is 0 Å². The zero-order valence-corrected chi connectivity index (χ0v) is 112. The van der Waals surface area contributed by atoms with E-state index in [1.54, 1.807) is 0 Å². The van der Waals surface area contributed by atoms with E-state index in [0.29, 0.717) is 284 Å². The first kappa shape index (κ1) is 144. The third kappa shape index (κ3) is 73.7. The number of aliphatic hydroxyl groups excluding tert-OH is 1. The molecule has 0 bridgehead atoms. The number of fused-ring (bicyclic) bond motifs is 9. The predicted molar refractivity (Wildman–Crippen MR) is 680 cm³/mol. The number of carbonyl (C=O) groups excluding carboxylic acids is 4. The zero-order chi connectivity index (χ0) is 105. The Balaban J connectivity index is 0.000000659. The zero-order valence-electron chi connectivity index (χ0n) is 81.8. The average Bonchev–Trinajstić information content (AvgIpc) is 1.63. The fourth-order valence-electron chi connectivity index (χ4n) is 13.2. The van der Waals surface area contributed by atoms with Gasteiger partial charge in [-0.15, -0.1) is 31.8 Å². The van der Waals surface area contributed by atoms with Crippen LogP contribution in [0.15, 0.2) is 146 Å². The molecule has 1 fully saturated rings. The molecule has 3 aliphatic carbocycles. The fraction of sp³-hybridized carbons (Fsp3) is 0.582. The second-order valence-corrected chi connectivity index (χ2v) is 243. The van der Waals surface area contributed by atoms with Gasteiger partial charge in [0, 0.05) is 70.2 Å². The van der Waals surface area contributed by atoms with Crippen LogP contribution in [-0.4, -0.2) is 357 Å². The molecule has 4 aliphatic rings. The minimum Gasteiger partial charge on any atom is -0.481 e. The van der Waals surface area contributed by atoms with Crippen molar-refractivity contribution in [3.05, 3.63) is 179 Å². The number of nitrogens with one attached hydrogen (secondary N) is 3. The van der Waals surface area contributed by atoms with E-state index in [2.05, 4.69) is 251 Å². The number of carboxylic acids is 1. The van der Waals surface area contributed by atoms with Gasteiger partial charge in [0.2, 0.25) is 0 Å². The Morgan fingerprint density at radius 3 is 0.747 bits per heavy atom. The summed E-state index contributed by atoms with van der Waals surface area (Å²) in [5.74, 6) is -0.756. The van der Waals surface area contributed by atoms with Gasteiger partial charge in [0.15, 0.2) is 0 Å². The number of carbonyl (C=O) groups is 5. The van der Waals surface area contributed by atoms with Crippen LogP contribution in [0.5, 0.6) is 0 Å². The van der Waals surface area contributed by atoms with Crippen molar-refractivity contribution >= 4 is 243 Å². The maximum Gasteiger partial charge on any atom is 0.407 e. The van der Waals surface area contributed by atoms with Gasteiger partial charge in [0.05, 0.1) is 243 Å². The maximum atomic E-state index is 12.2. The van der Waals surface area contributed by atoms with Crippen LogP contribution in [0.3, 0.4) is 0 Å². The van der Waals surface area contributed by atoms with E-state index in [9.17, 15) is 24.0 Å². The number of aldehydes is 1. The number of aliphatic hydroxyl groups is 1. The van der Waals surface area contributed by atoms with Gasteiger partial charge in [-0.05, 0) is 99.4 Å². The number of ether oxygens (including phenoxy) is 22. The van der Waals surface area contributed by atoms with Crippen molar-refractivity contribution in [1.29, 1.82) is 0 Å². The third-order valence-corrected chi connectivity index (χ3v) is 433. The summed E-state index contributed by atoms with van der Waals surface area (Å²) in [6.45, 7) is 24.6. The van der Waals surface area contributed by atoms with Crippen LogP contribution in [0.1, 0.15) is 90.7 Å². The van der Waals surface area contributed by atoms with Gasteiger partial charge in [-0.25, -0.2) is 14.4 Å². The predicted octanol–water partition coefficient (Wildman–Crippen LogP) is 20.7. The quantitative estimate of drug-likeness (QED) is 0.00591. The molecule has 1 saturated heterocycles. The van der Waals surface area contributed by atoms with E-state index < -0.39 is 24.2 Å². The van der Waals surface area contributed by atoms with Crippen molar-refractivity contribution in [2.45, 2.75) is 57.3 Å². The normalized spacial score (nSPS) is 12.5. The van der Waals surface area contributed by atoms with Gasteiger partial charge in [0.1, 0.15) is 26.1 Å². The second-order valence-electron chi connectivity index (χ2n) is 29.6. The molecule has 146 heavy (non-hydrogen) atoms. The number of hydrogen-bond donors (Lipinski definition) is 5. The SMILES string of the molecule is C.C1CCOC1.CPC.ClCCl.II(I)I(I)I.I[I-]I(I)I(I)I.O=C(NCCOCCOCCOCCOCCOCCOCCCO)OCC1c2ccccc2-c2ccccc21.O=C(O)CCOCCOCCOCCOCCOCCOCCNC(=O)OCC1c2ccccc2-c2ccccc21.O=CCCOCCOCCOCCOCCOCCOCCNC(=O)OCC1c2ccccc2-c2ccccc21. The van der Waals surface area contributed by atoms with Gasteiger partial charge in [-0.2, -0.15) is 0 Å². The van der Waals surface area contributed by atoms with Crippen molar-refractivity contribution in [1.82, 2.24) is 16.0 Å². The number of benzene rings is 6. The number of alkyl halides is 2. The average molecular weight is 3580 g/mol. The molecule has 0 saturated carbocycles. The minimum absolute atomic E-state index is 0. The Kier molecular flexibility index (Phi) is 102. The number of carboxylic acid groups (broad SMARTS) is 1. The van der Waals surface area contributed by atoms with Crippen molar-refractivity contribution in [2.75, 3.05) is 316 Å². The number of rotatable bonds is 72. The van der Waals surface area contributed by atoms with E-state index in [4.69, 9.17) is 138 Å². The molecule has 1 heterocycles. The number of aliphatic carboxylic acids is 1. The van der Waals surface area contributed by atoms with E-state index in [0.717, 1.165) is 28.1 Å². The molecule has 0 spiro atoms. The molecule has 0 unspecified atom stereocenters. The van der Waals surface area contributed by atoms with Gasteiger partial charge >= 0.3 is 218 Å². The van der Waals surface area contributed by atoms with Crippen LogP contribution >= 0.6 is 212 Å². The molecule has 0 aromatic heterocycles. The third-order valence-electron chi connectivity index (χ3n) is 19.5. The molecule has 32 nitrogen and oxygen atoms in total. The monoisotopic (exact) mass is 3580 g/mol. The van der Waals surface area contributed by atoms with E-state index >= 15 is 0 Å². The smallest absolute Gasteiger partial charge is 0.407 e. The molecule has 838 valence electrons. The molecule has 48 heteroatoms. The van der Waals surface area contributed by atoms with Gasteiger partial charge in [-0.1, -0.05) is 153 Å².